The first kappa shape index (κ1) is 15.7. The first-order chi connectivity index (χ1) is 10.5. The average Bonchev–Trinajstić information content (AvgIpc) is 2.78. The van der Waals surface area contributed by atoms with Crippen LogP contribution < -0.4 is 5.32 Å². The second-order valence-electron chi connectivity index (χ2n) is 4.19. The lowest BCUT2D eigenvalue weighted by Gasteiger charge is -1.98. The number of hydrogen-bond acceptors (Lipinski definition) is 5. The highest BCUT2D eigenvalue weighted by molar-refractivity contribution is 8.15. The van der Waals surface area contributed by atoms with Crippen molar-refractivity contribution in [1.29, 1.82) is 0 Å². The molecule has 0 aliphatic carbocycles. The lowest BCUT2D eigenvalue weighted by atomic mass is 10.1. The molecule has 1 aliphatic rings. The smallest absolute Gasteiger partial charge is 0.305 e. The first-order valence-corrected chi connectivity index (χ1v) is 6.94. The van der Waals surface area contributed by atoms with Crippen LogP contribution >= 0.6 is 11.8 Å². The van der Waals surface area contributed by atoms with Crippen LogP contribution in [-0.4, -0.2) is 33.6 Å². The number of amidine groups is 1. The zero-order valence-corrected chi connectivity index (χ0v) is 11.9. The molecular formula is C14H10FN3O3S. The zero-order chi connectivity index (χ0) is 16.1. The molecule has 0 aromatic heterocycles. The van der Waals surface area contributed by atoms with Gasteiger partial charge in [0.2, 0.25) is 5.91 Å². The average molecular weight is 319 g/mol. The highest BCUT2D eigenvalue weighted by atomic mass is 32.2. The Bertz CT molecular complexity index is 725. The number of carbonyl (C=O) groups excluding carboxylic acids is 1. The fraction of sp³-hybridized carbons (Fsp3) is 0.143. The Morgan fingerprint density at radius 3 is 3.05 bits per heavy atom. The second-order valence-corrected chi connectivity index (χ2v) is 5.38. The standard InChI is InChI=1S/C14H10FN3O3S/c1-2-9-8(4-3-5-10(9)15)7-16-18-14-17-13(21)11(22-14)6-12(19)20/h1,3-5,7,11H,6H2,(H,19,20)(H,17,18,21). The molecular weight excluding hydrogens is 309 g/mol. The van der Waals surface area contributed by atoms with Crippen LogP contribution in [0.4, 0.5) is 4.39 Å². The molecule has 1 heterocycles. The number of carboxylic acid groups (broad SMARTS) is 1. The van der Waals surface area contributed by atoms with Gasteiger partial charge in [-0.05, 0) is 6.07 Å². The van der Waals surface area contributed by atoms with Gasteiger partial charge in [-0.1, -0.05) is 29.8 Å². The fourth-order valence-electron chi connectivity index (χ4n) is 1.69. The quantitative estimate of drug-likeness (QED) is 0.496. The van der Waals surface area contributed by atoms with Crippen molar-refractivity contribution in [2.24, 2.45) is 10.2 Å². The number of amides is 1. The maximum atomic E-state index is 13.4. The number of carbonyl (C=O) groups is 2. The second kappa shape index (κ2) is 6.87. The van der Waals surface area contributed by atoms with E-state index in [0.29, 0.717) is 5.56 Å². The molecule has 6 nitrogen and oxygen atoms in total. The number of carboxylic acids is 1. The van der Waals surface area contributed by atoms with E-state index in [1.807, 2.05) is 0 Å². The van der Waals surface area contributed by atoms with Crippen LogP contribution in [0, 0.1) is 18.2 Å². The largest absolute Gasteiger partial charge is 0.481 e. The van der Waals surface area contributed by atoms with Gasteiger partial charge >= 0.3 is 5.97 Å². The third-order valence-corrected chi connectivity index (χ3v) is 3.74. The maximum absolute atomic E-state index is 13.4. The molecule has 2 rings (SSSR count). The van der Waals surface area contributed by atoms with Gasteiger partial charge in [0.15, 0.2) is 5.17 Å². The minimum absolute atomic E-state index is 0.0679. The van der Waals surface area contributed by atoms with Crippen molar-refractivity contribution in [2.45, 2.75) is 11.7 Å². The van der Waals surface area contributed by atoms with Gasteiger partial charge in [-0.25, -0.2) is 4.39 Å². The molecule has 1 atom stereocenters. The lowest BCUT2D eigenvalue weighted by Crippen LogP contribution is -2.26. The van der Waals surface area contributed by atoms with Crippen molar-refractivity contribution < 1.29 is 19.1 Å². The third kappa shape index (κ3) is 3.71. The highest BCUT2D eigenvalue weighted by Gasteiger charge is 2.32. The molecule has 112 valence electrons. The maximum Gasteiger partial charge on any atom is 0.305 e. The molecule has 1 amide bonds. The normalized spacial score (nSPS) is 19.4. The van der Waals surface area contributed by atoms with E-state index in [2.05, 4.69) is 21.4 Å². The van der Waals surface area contributed by atoms with E-state index < -0.39 is 22.9 Å². The predicted octanol–water partition coefficient (Wildman–Crippen LogP) is 1.20. The Hall–Kier alpha value is -2.66. The summed E-state index contributed by atoms with van der Waals surface area (Å²) >= 11 is 0.976. The van der Waals surface area contributed by atoms with E-state index in [1.165, 1.54) is 18.3 Å². The van der Waals surface area contributed by atoms with Crippen LogP contribution in [0.15, 0.2) is 28.4 Å². The number of rotatable bonds is 4. The van der Waals surface area contributed by atoms with Crippen molar-refractivity contribution in [3.8, 4) is 12.3 Å². The van der Waals surface area contributed by atoms with Gasteiger partial charge in [0.25, 0.3) is 0 Å². The molecule has 0 saturated carbocycles. The summed E-state index contributed by atoms with van der Waals surface area (Å²) in [6, 6.07) is 4.30. The summed E-state index contributed by atoms with van der Waals surface area (Å²) in [6.45, 7) is 0. The van der Waals surface area contributed by atoms with E-state index in [9.17, 15) is 14.0 Å². The highest BCUT2D eigenvalue weighted by Crippen LogP contribution is 2.22. The molecule has 22 heavy (non-hydrogen) atoms. The summed E-state index contributed by atoms with van der Waals surface area (Å²) in [6.07, 6.45) is 6.19. The summed E-state index contributed by atoms with van der Waals surface area (Å²) in [7, 11) is 0. The summed E-state index contributed by atoms with van der Waals surface area (Å²) in [4.78, 5) is 22.1. The van der Waals surface area contributed by atoms with E-state index in [-0.39, 0.29) is 17.2 Å². The Labute approximate surface area is 129 Å². The van der Waals surface area contributed by atoms with Crippen LogP contribution in [0.3, 0.4) is 0 Å². The van der Waals surface area contributed by atoms with Crippen molar-refractivity contribution in [3.63, 3.8) is 0 Å². The summed E-state index contributed by atoms with van der Waals surface area (Å²) in [5, 5.41) is 18.0. The molecule has 0 radical (unpaired) electrons. The third-order valence-electron chi connectivity index (χ3n) is 2.67. The minimum Gasteiger partial charge on any atom is -0.481 e. The van der Waals surface area contributed by atoms with Crippen LogP contribution in [0.25, 0.3) is 0 Å². The molecule has 1 saturated heterocycles. The van der Waals surface area contributed by atoms with Gasteiger partial charge in [0, 0.05) is 5.56 Å². The molecule has 1 aliphatic heterocycles. The number of thioether (sulfide) groups is 1. The summed E-state index contributed by atoms with van der Waals surface area (Å²) < 4.78 is 13.4. The monoisotopic (exact) mass is 319 g/mol. The van der Waals surface area contributed by atoms with Crippen LogP contribution in [0.1, 0.15) is 17.5 Å². The first-order valence-electron chi connectivity index (χ1n) is 6.06. The Kier molecular flexibility index (Phi) is 4.91. The van der Waals surface area contributed by atoms with E-state index >= 15 is 0 Å². The number of aliphatic carboxylic acids is 1. The van der Waals surface area contributed by atoms with Crippen molar-refractivity contribution >= 4 is 35.0 Å². The molecule has 0 bridgehead atoms. The van der Waals surface area contributed by atoms with Gasteiger partial charge in [-0.3, -0.25) is 9.59 Å². The fourth-order valence-corrected chi connectivity index (χ4v) is 2.60. The summed E-state index contributed by atoms with van der Waals surface area (Å²) in [5.74, 6) is 0.178. The number of nitrogens with one attached hydrogen (secondary N) is 1. The van der Waals surface area contributed by atoms with Crippen LogP contribution in [-0.2, 0) is 9.59 Å². The number of nitrogens with zero attached hydrogens (tertiary/aromatic N) is 2. The minimum atomic E-state index is -1.07. The van der Waals surface area contributed by atoms with Crippen LogP contribution in [0.2, 0.25) is 0 Å². The number of benzene rings is 1. The van der Waals surface area contributed by atoms with E-state index in [4.69, 9.17) is 11.5 Å². The molecule has 2 N–H and O–H groups in total. The number of halogens is 1. The Morgan fingerprint density at radius 2 is 2.36 bits per heavy atom. The number of hydrogen-bond donors (Lipinski definition) is 2. The molecule has 0 spiro atoms. The molecule has 1 fully saturated rings. The van der Waals surface area contributed by atoms with Crippen molar-refractivity contribution in [3.05, 3.63) is 35.1 Å². The van der Waals surface area contributed by atoms with Crippen molar-refractivity contribution in [1.82, 2.24) is 5.32 Å². The van der Waals surface area contributed by atoms with E-state index in [1.54, 1.807) is 6.07 Å². The van der Waals surface area contributed by atoms with Crippen molar-refractivity contribution in [2.75, 3.05) is 0 Å². The summed E-state index contributed by atoms with van der Waals surface area (Å²) in [5.41, 5.74) is 0.446. The SMILES string of the molecule is C#Cc1c(F)cccc1C=NN=C1NC(=O)C(CC(=O)O)S1. The van der Waals surface area contributed by atoms with Gasteiger partial charge in [-0.15, -0.1) is 11.5 Å². The molecule has 1 aromatic rings. The predicted molar refractivity (Wildman–Crippen MR) is 81.1 cm³/mol. The molecule has 1 aromatic carbocycles. The zero-order valence-electron chi connectivity index (χ0n) is 11.1. The molecule has 8 heteroatoms. The van der Waals surface area contributed by atoms with Gasteiger partial charge in [0.1, 0.15) is 11.1 Å². The Balaban J connectivity index is 2.10. The molecule has 1 unspecified atom stereocenters. The number of terminal acetylenes is 1. The van der Waals surface area contributed by atoms with Crippen LogP contribution in [0.5, 0.6) is 0 Å². The Morgan fingerprint density at radius 1 is 1.59 bits per heavy atom. The lowest BCUT2D eigenvalue weighted by molar-refractivity contribution is -0.138. The van der Waals surface area contributed by atoms with Gasteiger partial charge in [0.05, 0.1) is 18.2 Å². The van der Waals surface area contributed by atoms with Gasteiger partial charge in [-0.2, -0.15) is 5.10 Å². The van der Waals surface area contributed by atoms with E-state index in [0.717, 1.165) is 11.8 Å². The topological polar surface area (TPSA) is 91.1 Å². The van der Waals surface area contributed by atoms with Gasteiger partial charge < -0.3 is 10.4 Å².